The Balaban J connectivity index is 1.35. The van der Waals surface area contributed by atoms with Crippen LogP contribution in [0.5, 0.6) is 0 Å². The van der Waals surface area contributed by atoms with Crippen LogP contribution in [-0.4, -0.2) is 38.8 Å². The Kier molecular flexibility index (Phi) is 5.91. The fraction of sp³-hybridized carbons (Fsp3) is 0.700. The van der Waals surface area contributed by atoms with Crippen molar-refractivity contribution in [3.63, 3.8) is 0 Å². The SMILES string of the molecule is C[C@H]1CCC[C@@H]([NH+]2CC[NH+](CCCc3ccccc3)CC2)C1. The summed E-state index contributed by atoms with van der Waals surface area (Å²) in [5.74, 6) is 0.975. The van der Waals surface area contributed by atoms with Gasteiger partial charge in [0, 0.05) is 12.8 Å². The average molecular weight is 303 g/mol. The molecule has 2 heteroatoms. The molecule has 2 aliphatic rings. The highest BCUT2D eigenvalue weighted by Crippen LogP contribution is 2.21. The fourth-order valence-electron chi connectivity index (χ4n) is 4.58. The first-order valence-corrected chi connectivity index (χ1v) is 9.53. The number of piperazine rings is 1. The Morgan fingerprint density at radius 3 is 2.50 bits per heavy atom. The van der Waals surface area contributed by atoms with Crippen LogP contribution < -0.4 is 9.80 Å². The van der Waals surface area contributed by atoms with Gasteiger partial charge in [0.25, 0.3) is 0 Å². The third kappa shape index (κ3) is 4.57. The normalized spacial score (nSPS) is 32.8. The maximum absolute atomic E-state index is 2.46. The van der Waals surface area contributed by atoms with Gasteiger partial charge in [0.15, 0.2) is 0 Å². The second-order valence-corrected chi connectivity index (χ2v) is 7.72. The molecule has 1 aromatic carbocycles. The molecule has 0 radical (unpaired) electrons. The first-order chi connectivity index (χ1) is 10.8. The summed E-state index contributed by atoms with van der Waals surface area (Å²) in [6.45, 7) is 9.44. The van der Waals surface area contributed by atoms with E-state index in [2.05, 4.69) is 37.3 Å². The van der Waals surface area contributed by atoms with Gasteiger partial charge in [0.1, 0.15) is 26.2 Å². The van der Waals surface area contributed by atoms with Crippen LogP contribution in [0, 0.1) is 5.92 Å². The van der Waals surface area contributed by atoms with E-state index in [-0.39, 0.29) is 0 Å². The van der Waals surface area contributed by atoms with Crippen LogP contribution in [0.2, 0.25) is 0 Å². The highest BCUT2D eigenvalue weighted by molar-refractivity contribution is 5.14. The molecule has 122 valence electrons. The molecule has 1 aliphatic heterocycles. The lowest BCUT2D eigenvalue weighted by atomic mass is 9.86. The van der Waals surface area contributed by atoms with Crippen molar-refractivity contribution < 1.29 is 9.80 Å². The summed E-state index contributed by atoms with van der Waals surface area (Å²) in [6, 6.07) is 12.0. The molecule has 22 heavy (non-hydrogen) atoms. The van der Waals surface area contributed by atoms with Crippen LogP contribution in [0.25, 0.3) is 0 Å². The monoisotopic (exact) mass is 302 g/mol. The van der Waals surface area contributed by atoms with Gasteiger partial charge in [-0.2, -0.15) is 0 Å². The van der Waals surface area contributed by atoms with E-state index in [1.807, 2.05) is 9.80 Å². The molecule has 1 aliphatic carbocycles. The molecule has 2 nitrogen and oxygen atoms in total. The highest BCUT2D eigenvalue weighted by Gasteiger charge is 2.31. The van der Waals surface area contributed by atoms with Crippen LogP contribution >= 0.6 is 0 Å². The summed E-state index contributed by atoms with van der Waals surface area (Å²) < 4.78 is 0. The van der Waals surface area contributed by atoms with Gasteiger partial charge in [-0.3, -0.25) is 0 Å². The first-order valence-electron chi connectivity index (χ1n) is 9.53. The average Bonchev–Trinajstić information content (AvgIpc) is 2.56. The molecule has 1 heterocycles. The molecule has 2 N–H and O–H groups in total. The summed E-state index contributed by atoms with van der Waals surface area (Å²) in [7, 11) is 0. The van der Waals surface area contributed by atoms with Crippen molar-refractivity contribution in [3.8, 4) is 0 Å². The van der Waals surface area contributed by atoms with E-state index in [0.29, 0.717) is 0 Å². The van der Waals surface area contributed by atoms with Crippen LogP contribution in [0.1, 0.15) is 44.6 Å². The Bertz CT molecular complexity index is 423. The summed E-state index contributed by atoms with van der Waals surface area (Å²) in [4.78, 5) is 3.78. The van der Waals surface area contributed by atoms with Crippen molar-refractivity contribution in [2.24, 2.45) is 5.92 Å². The quantitative estimate of drug-likeness (QED) is 0.802. The smallest absolute Gasteiger partial charge is 0.127 e. The van der Waals surface area contributed by atoms with Gasteiger partial charge in [-0.15, -0.1) is 0 Å². The summed E-state index contributed by atoms with van der Waals surface area (Å²) in [5.41, 5.74) is 1.50. The topological polar surface area (TPSA) is 8.88 Å². The van der Waals surface area contributed by atoms with Crippen LogP contribution in [0.4, 0.5) is 0 Å². The molecule has 1 saturated heterocycles. The molecule has 1 saturated carbocycles. The van der Waals surface area contributed by atoms with Gasteiger partial charge in [0.2, 0.25) is 0 Å². The van der Waals surface area contributed by atoms with Crippen molar-refractivity contribution in [1.82, 2.24) is 0 Å². The number of aryl methyl sites for hydroxylation is 1. The number of benzene rings is 1. The number of rotatable bonds is 5. The van der Waals surface area contributed by atoms with Gasteiger partial charge >= 0.3 is 0 Å². The van der Waals surface area contributed by atoms with Crippen molar-refractivity contribution in [2.75, 3.05) is 32.7 Å². The van der Waals surface area contributed by atoms with Gasteiger partial charge in [-0.05, 0) is 30.7 Å². The lowest BCUT2D eigenvalue weighted by molar-refractivity contribution is -1.02. The summed E-state index contributed by atoms with van der Waals surface area (Å²) in [5, 5.41) is 0. The minimum absolute atomic E-state index is 0.975. The molecule has 0 aromatic heterocycles. The minimum atomic E-state index is 0.975. The van der Waals surface area contributed by atoms with E-state index < -0.39 is 0 Å². The van der Waals surface area contributed by atoms with Gasteiger partial charge in [0.05, 0.1) is 12.6 Å². The van der Waals surface area contributed by atoms with E-state index in [9.17, 15) is 0 Å². The number of hydrogen-bond acceptors (Lipinski definition) is 0. The molecular weight excluding hydrogens is 268 g/mol. The van der Waals surface area contributed by atoms with Gasteiger partial charge in [-0.25, -0.2) is 0 Å². The predicted octanol–water partition coefficient (Wildman–Crippen LogP) is 0.981. The largest absolute Gasteiger partial charge is 0.326 e. The molecule has 2 fully saturated rings. The molecule has 0 bridgehead atoms. The molecule has 2 atom stereocenters. The number of quaternary nitrogens is 2. The van der Waals surface area contributed by atoms with Gasteiger partial charge in [-0.1, -0.05) is 43.7 Å². The third-order valence-corrected chi connectivity index (χ3v) is 5.95. The molecular formula is C20H34N2+2. The third-order valence-electron chi connectivity index (χ3n) is 5.95. The van der Waals surface area contributed by atoms with Crippen molar-refractivity contribution >= 4 is 0 Å². The predicted molar refractivity (Wildman–Crippen MR) is 92.4 cm³/mol. The van der Waals surface area contributed by atoms with Crippen LogP contribution in [-0.2, 0) is 6.42 Å². The molecule has 1 aromatic rings. The zero-order valence-electron chi connectivity index (χ0n) is 14.3. The second-order valence-electron chi connectivity index (χ2n) is 7.72. The molecule has 0 unspecified atom stereocenters. The Morgan fingerprint density at radius 1 is 1.00 bits per heavy atom. The van der Waals surface area contributed by atoms with E-state index >= 15 is 0 Å². The standard InChI is InChI=1S/C20H32N2/c1-18-7-5-11-20(17-18)22-15-13-21(14-16-22)12-6-10-19-8-3-2-4-9-19/h2-4,8-9,18,20H,5-7,10-17H2,1H3/p+2/t18-,20+/m0/s1. The Hall–Kier alpha value is -0.860. The van der Waals surface area contributed by atoms with E-state index in [1.165, 1.54) is 76.8 Å². The Labute approximate surface area is 136 Å². The lowest BCUT2D eigenvalue weighted by Crippen LogP contribution is -3.29. The highest BCUT2D eigenvalue weighted by atomic mass is 15.3. The molecule has 0 spiro atoms. The number of nitrogens with one attached hydrogen (secondary N) is 2. The lowest BCUT2D eigenvalue weighted by Gasteiger charge is -2.37. The van der Waals surface area contributed by atoms with Crippen molar-refractivity contribution in [2.45, 2.75) is 51.5 Å². The summed E-state index contributed by atoms with van der Waals surface area (Å²) in [6.07, 6.45) is 8.52. The van der Waals surface area contributed by atoms with Crippen LogP contribution in [0.3, 0.4) is 0 Å². The van der Waals surface area contributed by atoms with E-state index in [4.69, 9.17) is 0 Å². The molecule has 3 rings (SSSR count). The van der Waals surface area contributed by atoms with Gasteiger partial charge < -0.3 is 9.80 Å². The first kappa shape index (κ1) is 16.0. The van der Waals surface area contributed by atoms with E-state index in [1.54, 1.807) is 0 Å². The number of hydrogen-bond donors (Lipinski definition) is 2. The zero-order valence-corrected chi connectivity index (χ0v) is 14.3. The van der Waals surface area contributed by atoms with Crippen molar-refractivity contribution in [3.05, 3.63) is 35.9 Å². The van der Waals surface area contributed by atoms with E-state index in [0.717, 1.165) is 12.0 Å². The Morgan fingerprint density at radius 2 is 1.77 bits per heavy atom. The second kappa shape index (κ2) is 8.12. The fourth-order valence-corrected chi connectivity index (χ4v) is 4.58. The minimum Gasteiger partial charge on any atom is -0.326 e. The van der Waals surface area contributed by atoms with Crippen LogP contribution in [0.15, 0.2) is 30.3 Å². The maximum Gasteiger partial charge on any atom is 0.127 e. The maximum atomic E-state index is 2.46. The van der Waals surface area contributed by atoms with Crippen molar-refractivity contribution in [1.29, 1.82) is 0 Å². The summed E-state index contributed by atoms with van der Waals surface area (Å²) >= 11 is 0. The molecule has 0 amide bonds. The zero-order chi connectivity index (χ0) is 15.2.